The second-order valence-electron chi connectivity index (χ2n) is 9.72. The number of benzene rings is 3. The first-order valence-electron chi connectivity index (χ1n) is 13.1. The van der Waals surface area contributed by atoms with Crippen LogP contribution in [-0.4, -0.2) is 18.4 Å². The third-order valence-corrected chi connectivity index (χ3v) is 7.43. The Hall–Kier alpha value is -3.66. The molecule has 36 heavy (non-hydrogen) atoms. The summed E-state index contributed by atoms with van der Waals surface area (Å²) in [4.78, 5) is 29.2. The summed E-state index contributed by atoms with van der Waals surface area (Å²) >= 11 is 0. The molecule has 0 aromatic heterocycles. The van der Waals surface area contributed by atoms with Gasteiger partial charge in [0.1, 0.15) is 5.75 Å². The van der Waals surface area contributed by atoms with Gasteiger partial charge in [-0.1, -0.05) is 99.0 Å². The number of allylic oxidation sites excluding steroid dienone is 2. The van der Waals surface area contributed by atoms with Gasteiger partial charge in [-0.05, 0) is 41.8 Å². The average molecular weight is 480 g/mol. The summed E-state index contributed by atoms with van der Waals surface area (Å²) in [5.41, 5.74) is 2.73. The first-order chi connectivity index (χ1) is 17.7. The topological polar surface area (TPSA) is 46.6 Å². The molecule has 0 N–H and O–H groups in total. The van der Waals surface area contributed by atoms with Crippen LogP contribution in [0.4, 0.5) is 5.69 Å². The quantitative estimate of drug-likeness (QED) is 0.191. The molecule has 0 radical (unpaired) electrons. The van der Waals surface area contributed by atoms with E-state index in [1.807, 2.05) is 84.9 Å². The SMILES string of the molecule is CCCCCCOc1ccc(N2C(=O)C3C(c4ccccc4)C=CC(c4ccccc4)C3C2=O)cc1. The van der Waals surface area contributed by atoms with Gasteiger partial charge in [-0.25, -0.2) is 4.90 Å². The molecular weight excluding hydrogens is 446 g/mol. The number of hydrogen-bond donors (Lipinski definition) is 0. The molecule has 3 aromatic rings. The van der Waals surface area contributed by atoms with Crippen molar-refractivity contribution in [3.63, 3.8) is 0 Å². The molecule has 4 nitrogen and oxygen atoms in total. The highest BCUT2D eigenvalue weighted by Gasteiger charge is 2.55. The summed E-state index contributed by atoms with van der Waals surface area (Å²) in [6.07, 6.45) is 8.84. The van der Waals surface area contributed by atoms with E-state index in [1.165, 1.54) is 17.7 Å². The van der Waals surface area contributed by atoms with E-state index in [9.17, 15) is 9.59 Å². The number of unbranched alkanes of at least 4 members (excludes halogenated alkanes) is 3. The lowest BCUT2D eigenvalue weighted by Gasteiger charge is -2.32. The van der Waals surface area contributed by atoms with E-state index in [0.29, 0.717) is 12.3 Å². The first-order valence-corrected chi connectivity index (χ1v) is 13.1. The third-order valence-electron chi connectivity index (χ3n) is 7.43. The number of nitrogens with zero attached hydrogens (tertiary/aromatic N) is 1. The first kappa shape index (κ1) is 24.1. The van der Waals surface area contributed by atoms with Gasteiger partial charge in [0.05, 0.1) is 24.1 Å². The van der Waals surface area contributed by atoms with Crippen molar-refractivity contribution in [1.29, 1.82) is 0 Å². The highest BCUT2D eigenvalue weighted by molar-refractivity contribution is 6.23. The largest absolute Gasteiger partial charge is 0.494 e. The van der Waals surface area contributed by atoms with Crippen molar-refractivity contribution in [1.82, 2.24) is 0 Å². The Kier molecular flexibility index (Phi) is 7.31. The number of carbonyl (C=O) groups excluding carboxylic acids is 2. The Morgan fingerprint density at radius 1 is 0.667 bits per heavy atom. The fourth-order valence-electron chi connectivity index (χ4n) is 5.60. The average Bonchev–Trinajstić information content (AvgIpc) is 3.20. The Labute approximate surface area is 213 Å². The zero-order chi connectivity index (χ0) is 24.9. The van der Waals surface area contributed by atoms with Crippen LogP contribution in [0.2, 0.25) is 0 Å². The number of rotatable bonds is 9. The van der Waals surface area contributed by atoms with E-state index in [2.05, 4.69) is 19.1 Å². The molecule has 184 valence electrons. The fourth-order valence-corrected chi connectivity index (χ4v) is 5.60. The molecule has 1 saturated heterocycles. The maximum Gasteiger partial charge on any atom is 0.238 e. The van der Waals surface area contributed by atoms with E-state index < -0.39 is 11.8 Å². The molecule has 5 rings (SSSR count). The van der Waals surface area contributed by atoms with Crippen LogP contribution in [0.3, 0.4) is 0 Å². The van der Waals surface area contributed by atoms with E-state index in [-0.39, 0.29) is 23.7 Å². The smallest absolute Gasteiger partial charge is 0.238 e. The molecule has 4 atom stereocenters. The predicted molar refractivity (Wildman–Crippen MR) is 143 cm³/mol. The molecule has 1 heterocycles. The van der Waals surface area contributed by atoms with Gasteiger partial charge in [0.25, 0.3) is 0 Å². The van der Waals surface area contributed by atoms with Crippen LogP contribution in [0, 0.1) is 11.8 Å². The summed E-state index contributed by atoms with van der Waals surface area (Å²) in [6.45, 7) is 2.87. The molecule has 0 spiro atoms. The molecule has 0 saturated carbocycles. The number of fused-ring (bicyclic) bond motifs is 1. The fraction of sp³-hybridized carbons (Fsp3) is 0.312. The minimum absolute atomic E-state index is 0.127. The van der Waals surface area contributed by atoms with Crippen molar-refractivity contribution in [2.45, 2.75) is 44.4 Å². The number of hydrogen-bond acceptors (Lipinski definition) is 3. The normalized spacial score (nSPS) is 23.1. The van der Waals surface area contributed by atoms with Crippen molar-refractivity contribution in [3.05, 3.63) is 108 Å². The van der Waals surface area contributed by atoms with Crippen LogP contribution >= 0.6 is 0 Å². The molecule has 0 bridgehead atoms. The van der Waals surface area contributed by atoms with Crippen molar-refractivity contribution in [3.8, 4) is 5.75 Å². The van der Waals surface area contributed by atoms with Crippen LogP contribution in [0.25, 0.3) is 0 Å². The molecular formula is C32H33NO3. The van der Waals surface area contributed by atoms with Crippen LogP contribution in [-0.2, 0) is 9.59 Å². The lowest BCUT2D eigenvalue weighted by Crippen LogP contribution is -2.31. The van der Waals surface area contributed by atoms with Crippen molar-refractivity contribution < 1.29 is 14.3 Å². The summed E-state index contributed by atoms with van der Waals surface area (Å²) in [6, 6.07) is 27.5. The molecule has 1 aliphatic carbocycles. The van der Waals surface area contributed by atoms with E-state index in [1.54, 1.807) is 0 Å². The third kappa shape index (κ3) is 4.73. The highest BCUT2D eigenvalue weighted by atomic mass is 16.5. The van der Waals surface area contributed by atoms with Gasteiger partial charge in [-0.2, -0.15) is 0 Å². The summed E-state index contributed by atoms with van der Waals surface area (Å²) < 4.78 is 5.87. The summed E-state index contributed by atoms with van der Waals surface area (Å²) in [5.74, 6) is -0.645. The van der Waals surface area contributed by atoms with Crippen LogP contribution in [0.15, 0.2) is 97.1 Å². The van der Waals surface area contributed by atoms with Crippen molar-refractivity contribution in [2.24, 2.45) is 11.8 Å². The van der Waals surface area contributed by atoms with E-state index >= 15 is 0 Å². The lowest BCUT2D eigenvalue weighted by molar-refractivity contribution is -0.122. The number of carbonyl (C=O) groups is 2. The molecule has 3 aromatic carbocycles. The molecule has 1 aliphatic heterocycles. The van der Waals surface area contributed by atoms with E-state index in [4.69, 9.17) is 4.74 Å². The number of imide groups is 1. The zero-order valence-electron chi connectivity index (χ0n) is 20.8. The maximum atomic E-state index is 13.9. The number of ether oxygens (including phenoxy) is 1. The van der Waals surface area contributed by atoms with Gasteiger partial charge in [-0.3, -0.25) is 9.59 Å². The monoisotopic (exact) mass is 479 g/mol. The van der Waals surface area contributed by atoms with Crippen LogP contribution < -0.4 is 9.64 Å². The van der Waals surface area contributed by atoms with Crippen LogP contribution in [0.5, 0.6) is 5.75 Å². The predicted octanol–water partition coefficient (Wildman–Crippen LogP) is 6.89. The van der Waals surface area contributed by atoms with Gasteiger partial charge >= 0.3 is 0 Å². The standard InChI is InChI=1S/C32H33NO3/c1-2-3-4-11-22-36-26-18-16-25(17-19-26)33-31(34)29-27(23-12-7-5-8-13-23)20-21-28(30(29)32(33)35)24-14-9-6-10-15-24/h5-10,12-21,27-30H,2-4,11,22H2,1H3. The zero-order valence-corrected chi connectivity index (χ0v) is 20.8. The molecule has 4 heteroatoms. The minimum atomic E-state index is -0.440. The molecule has 1 fully saturated rings. The Balaban J connectivity index is 1.42. The van der Waals surface area contributed by atoms with Gasteiger partial charge in [0.2, 0.25) is 11.8 Å². The summed E-state index contributed by atoms with van der Waals surface area (Å²) in [5, 5.41) is 0. The van der Waals surface area contributed by atoms with E-state index in [0.717, 1.165) is 29.7 Å². The Bertz CT molecular complexity index is 1140. The van der Waals surface area contributed by atoms with Gasteiger partial charge in [-0.15, -0.1) is 0 Å². The highest BCUT2D eigenvalue weighted by Crippen LogP contribution is 2.50. The van der Waals surface area contributed by atoms with Gasteiger partial charge in [0, 0.05) is 11.8 Å². The summed E-state index contributed by atoms with van der Waals surface area (Å²) in [7, 11) is 0. The maximum absolute atomic E-state index is 13.9. The van der Waals surface area contributed by atoms with Gasteiger partial charge in [0.15, 0.2) is 0 Å². The van der Waals surface area contributed by atoms with Crippen molar-refractivity contribution >= 4 is 17.5 Å². The molecule has 2 aliphatic rings. The van der Waals surface area contributed by atoms with Crippen LogP contribution in [0.1, 0.15) is 55.6 Å². The van der Waals surface area contributed by atoms with Gasteiger partial charge < -0.3 is 4.74 Å². The Morgan fingerprint density at radius 2 is 1.19 bits per heavy atom. The van der Waals surface area contributed by atoms with Crippen molar-refractivity contribution in [2.75, 3.05) is 11.5 Å². The second kappa shape index (κ2) is 10.9. The molecule has 4 unspecified atom stereocenters. The Morgan fingerprint density at radius 3 is 1.69 bits per heavy atom. The number of amides is 2. The lowest BCUT2D eigenvalue weighted by atomic mass is 9.68. The number of anilines is 1. The minimum Gasteiger partial charge on any atom is -0.494 e. The second-order valence-corrected chi connectivity index (χ2v) is 9.72. The molecule has 2 amide bonds.